The summed E-state index contributed by atoms with van der Waals surface area (Å²) in [7, 11) is 4.58. The topological polar surface area (TPSA) is 50.4 Å². The smallest absolute Gasteiger partial charge is 0.340 e. The third-order valence-electron chi connectivity index (χ3n) is 2.05. The van der Waals surface area contributed by atoms with E-state index in [1.807, 2.05) is 0 Å². The zero-order chi connectivity index (χ0) is 11.4. The van der Waals surface area contributed by atoms with E-state index >= 15 is 0 Å². The number of benzene rings is 1. The van der Waals surface area contributed by atoms with Gasteiger partial charge in [0.05, 0.1) is 24.0 Å². The molecule has 0 radical (unpaired) electrons. The van der Waals surface area contributed by atoms with Crippen LogP contribution in [-0.4, -0.2) is 27.2 Å². The minimum Gasteiger partial charge on any atom is -0.465 e. The zero-order valence-electron chi connectivity index (χ0n) is 8.85. The summed E-state index contributed by atoms with van der Waals surface area (Å²) in [6.07, 6.45) is 0. The van der Waals surface area contributed by atoms with Crippen molar-refractivity contribution >= 4 is 17.3 Å². The molecule has 0 aliphatic rings. The molecule has 1 aromatic rings. The molecule has 0 heterocycles. The third kappa shape index (κ3) is 2.18. The third-order valence-corrected chi connectivity index (χ3v) is 2.05. The van der Waals surface area contributed by atoms with Crippen molar-refractivity contribution in [3.05, 3.63) is 23.5 Å². The van der Waals surface area contributed by atoms with E-state index in [4.69, 9.17) is 0 Å². The van der Waals surface area contributed by atoms with Crippen LogP contribution in [0.1, 0.15) is 10.4 Å². The van der Waals surface area contributed by atoms with Gasteiger partial charge in [0, 0.05) is 14.1 Å². The van der Waals surface area contributed by atoms with Crippen LogP contribution in [0.25, 0.3) is 0 Å². The van der Waals surface area contributed by atoms with Crippen molar-refractivity contribution in [1.82, 2.24) is 0 Å². The number of halogens is 1. The lowest BCUT2D eigenvalue weighted by molar-refractivity contribution is 0.0595. The lowest BCUT2D eigenvalue weighted by atomic mass is 10.1. The Morgan fingerprint density at radius 1 is 1.27 bits per heavy atom. The van der Waals surface area contributed by atoms with Crippen LogP contribution >= 0.6 is 0 Å². The fourth-order valence-corrected chi connectivity index (χ4v) is 1.25. The fraction of sp³-hybridized carbons (Fsp3) is 0.300. The highest BCUT2D eigenvalue weighted by molar-refractivity contribution is 5.92. The number of methoxy groups -OCH3 is 1. The zero-order valence-corrected chi connectivity index (χ0v) is 8.85. The maximum Gasteiger partial charge on any atom is 0.340 e. The van der Waals surface area contributed by atoms with Crippen molar-refractivity contribution in [1.29, 1.82) is 0 Å². The minimum atomic E-state index is -0.688. The molecule has 0 aliphatic carbocycles. The summed E-state index contributed by atoms with van der Waals surface area (Å²) in [6.45, 7) is 0. The Morgan fingerprint density at radius 3 is 2.27 bits per heavy atom. The molecule has 0 unspecified atom stereocenters. The number of rotatable bonds is 3. The van der Waals surface area contributed by atoms with Crippen molar-refractivity contribution < 1.29 is 13.9 Å². The summed E-state index contributed by atoms with van der Waals surface area (Å²) in [5, 5.41) is 5.67. The average Bonchev–Trinajstić information content (AvgIpc) is 2.27. The molecule has 0 atom stereocenters. The first kappa shape index (κ1) is 11.3. The summed E-state index contributed by atoms with van der Waals surface area (Å²) in [6, 6.07) is 2.66. The summed E-state index contributed by atoms with van der Waals surface area (Å²) < 4.78 is 17.9. The van der Waals surface area contributed by atoms with Crippen LogP contribution < -0.4 is 10.6 Å². The molecule has 1 rings (SSSR count). The van der Waals surface area contributed by atoms with Gasteiger partial charge in [0.15, 0.2) is 0 Å². The molecular weight excluding hydrogens is 199 g/mol. The normalized spacial score (nSPS) is 9.60. The first-order valence-corrected chi connectivity index (χ1v) is 4.41. The largest absolute Gasteiger partial charge is 0.465 e. The van der Waals surface area contributed by atoms with Gasteiger partial charge in [-0.3, -0.25) is 0 Å². The van der Waals surface area contributed by atoms with Crippen molar-refractivity contribution in [3.63, 3.8) is 0 Å². The van der Waals surface area contributed by atoms with Gasteiger partial charge in [0.25, 0.3) is 0 Å². The Labute approximate surface area is 87.4 Å². The number of anilines is 2. The van der Waals surface area contributed by atoms with Crippen LogP contribution in [0.4, 0.5) is 15.8 Å². The highest BCUT2D eigenvalue weighted by Gasteiger charge is 2.15. The van der Waals surface area contributed by atoms with Crippen molar-refractivity contribution in [2.75, 3.05) is 31.8 Å². The number of esters is 1. The van der Waals surface area contributed by atoms with Gasteiger partial charge in [-0.25, -0.2) is 9.18 Å². The number of ether oxygens (including phenoxy) is 1. The number of nitrogens with one attached hydrogen (secondary N) is 2. The Hall–Kier alpha value is -1.78. The number of carbonyl (C=O) groups is 1. The van der Waals surface area contributed by atoms with Gasteiger partial charge < -0.3 is 15.4 Å². The molecule has 0 saturated heterocycles. The van der Waals surface area contributed by atoms with Gasteiger partial charge in [0.1, 0.15) is 5.82 Å². The molecule has 0 amide bonds. The Morgan fingerprint density at radius 2 is 1.80 bits per heavy atom. The lowest BCUT2D eigenvalue weighted by Gasteiger charge is -2.10. The maximum absolute atomic E-state index is 13.4. The van der Waals surface area contributed by atoms with Crippen LogP contribution in [0.3, 0.4) is 0 Å². The van der Waals surface area contributed by atoms with E-state index in [9.17, 15) is 9.18 Å². The Balaban J connectivity index is 3.25. The summed E-state index contributed by atoms with van der Waals surface area (Å²) >= 11 is 0. The molecule has 4 nitrogen and oxygen atoms in total. The van der Waals surface area contributed by atoms with E-state index in [2.05, 4.69) is 15.4 Å². The molecule has 0 bridgehead atoms. The lowest BCUT2D eigenvalue weighted by Crippen LogP contribution is -2.07. The second-order valence-corrected chi connectivity index (χ2v) is 2.87. The molecule has 1 aromatic carbocycles. The fourth-order valence-electron chi connectivity index (χ4n) is 1.25. The van der Waals surface area contributed by atoms with Crippen LogP contribution in [0.5, 0.6) is 0 Å². The van der Waals surface area contributed by atoms with E-state index in [0.717, 1.165) is 0 Å². The average molecular weight is 212 g/mol. The summed E-state index contributed by atoms with van der Waals surface area (Å²) in [5.41, 5.74) is 1.14. The molecule has 0 aliphatic heterocycles. The summed E-state index contributed by atoms with van der Waals surface area (Å²) in [5.74, 6) is -1.29. The van der Waals surface area contributed by atoms with E-state index in [0.29, 0.717) is 11.4 Å². The molecule has 2 N–H and O–H groups in total. The Kier molecular flexibility index (Phi) is 3.49. The monoisotopic (exact) mass is 212 g/mol. The second kappa shape index (κ2) is 4.63. The number of hydrogen-bond donors (Lipinski definition) is 2. The molecule has 82 valence electrons. The van der Waals surface area contributed by atoms with Gasteiger partial charge in [-0.05, 0) is 12.1 Å². The molecular formula is C10H13FN2O2. The van der Waals surface area contributed by atoms with Crippen LogP contribution in [0, 0.1) is 5.82 Å². The first-order valence-electron chi connectivity index (χ1n) is 4.41. The molecule has 0 saturated carbocycles. The van der Waals surface area contributed by atoms with Crippen molar-refractivity contribution in [3.8, 4) is 0 Å². The van der Waals surface area contributed by atoms with Crippen molar-refractivity contribution in [2.24, 2.45) is 0 Å². The second-order valence-electron chi connectivity index (χ2n) is 2.87. The molecule has 0 fully saturated rings. The van der Waals surface area contributed by atoms with Gasteiger partial charge >= 0.3 is 5.97 Å². The SMILES string of the molecule is CNc1cc(F)c(C(=O)OC)cc1NC. The number of carbonyl (C=O) groups excluding carboxylic acids is 1. The van der Waals surface area contributed by atoms with Gasteiger partial charge in [-0.1, -0.05) is 0 Å². The van der Waals surface area contributed by atoms with Gasteiger partial charge in [-0.2, -0.15) is 0 Å². The van der Waals surface area contributed by atoms with E-state index < -0.39 is 11.8 Å². The van der Waals surface area contributed by atoms with Crippen LogP contribution in [0.15, 0.2) is 12.1 Å². The van der Waals surface area contributed by atoms with E-state index in [1.54, 1.807) is 14.1 Å². The first-order chi connectivity index (χ1) is 7.13. The minimum absolute atomic E-state index is 0.0825. The molecule has 0 aromatic heterocycles. The predicted octanol–water partition coefficient (Wildman–Crippen LogP) is 1.70. The van der Waals surface area contributed by atoms with E-state index in [-0.39, 0.29) is 5.56 Å². The highest BCUT2D eigenvalue weighted by Crippen LogP contribution is 2.25. The van der Waals surface area contributed by atoms with Crippen LogP contribution in [0.2, 0.25) is 0 Å². The Bertz CT molecular complexity index is 380. The van der Waals surface area contributed by atoms with E-state index in [1.165, 1.54) is 19.2 Å². The van der Waals surface area contributed by atoms with Gasteiger partial charge in [0.2, 0.25) is 0 Å². The van der Waals surface area contributed by atoms with Crippen LogP contribution in [-0.2, 0) is 4.74 Å². The maximum atomic E-state index is 13.4. The van der Waals surface area contributed by atoms with Gasteiger partial charge in [-0.15, -0.1) is 0 Å². The highest BCUT2D eigenvalue weighted by atomic mass is 19.1. The number of hydrogen-bond acceptors (Lipinski definition) is 4. The molecule has 5 heteroatoms. The molecule has 0 spiro atoms. The summed E-state index contributed by atoms with van der Waals surface area (Å²) in [4.78, 5) is 11.2. The molecule has 15 heavy (non-hydrogen) atoms. The predicted molar refractivity (Wildman–Crippen MR) is 56.8 cm³/mol. The quantitative estimate of drug-likeness (QED) is 0.749. The standard InChI is InChI=1S/C10H13FN2O2/c1-12-8-4-6(10(14)15-3)7(11)5-9(8)13-2/h4-5,12-13H,1-3H3. The van der Waals surface area contributed by atoms with Crippen molar-refractivity contribution in [2.45, 2.75) is 0 Å².